The molecule has 1 aromatic carbocycles. The number of phenolic OH excluding ortho intramolecular Hbond substituents is 1. The van der Waals surface area contributed by atoms with Crippen molar-refractivity contribution in [2.45, 2.75) is 32.1 Å². The molecule has 1 fully saturated rings. The van der Waals surface area contributed by atoms with Crippen molar-refractivity contribution in [2.75, 3.05) is 13.1 Å². The van der Waals surface area contributed by atoms with E-state index in [-0.39, 0.29) is 16.7 Å². The normalized spacial score (nSPS) is 15.5. The molecule has 1 saturated heterocycles. The fourth-order valence-electron chi connectivity index (χ4n) is 3.07. The van der Waals surface area contributed by atoms with Crippen molar-refractivity contribution in [1.29, 1.82) is 0 Å². The summed E-state index contributed by atoms with van der Waals surface area (Å²) in [6, 6.07) is 6.86. The van der Waals surface area contributed by atoms with Gasteiger partial charge in [0.2, 0.25) is 5.91 Å². The molecule has 1 aromatic heterocycles. The third-order valence-corrected chi connectivity index (χ3v) is 4.73. The van der Waals surface area contributed by atoms with Crippen LogP contribution in [0.3, 0.4) is 0 Å². The number of amides is 1. The minimum absolute atomic E-state index is 0.0359. The standard InChI is InChI=1S/C18H20ClN3O2/c1-12-20-7-4-16(21-12)14-5-8-22(9-6-14)18(24)11-13-2-3-17(23)15(19)10-13/h2-4,7,10,14,23H,5-6,8-9,11H2,1H3. The molecule has 0 aliphatic carbocycles. The number of phenols is 1. The van der Waals surface area contributed by atoms with Crippen LogP contribution in [0.5, 0.6) is 5.75 Å². The largest absolute Gasteiger partial charge is 0.506 e. The number of aromatic nitrogens is 2. The van der Waals surface area contributed by atoms with Crippen LogP contribution in [0.15, 0.2) is 30.5 Å². The molecule has 0 atom stereocenters. The number of aryl methyl sites for hydroxylation is 1. The minimum Gasteiger partial charge on any atom is -0.506 e. The van der Waals surface area contributed by atoms with Crippen molar-refractivity contribution in [3.8, 4) is 5.75 Å². The number of rotatable bonds is 3. The van der Waals surface area contributed by atoms with E-state index in [1.165, 1.54) is 6.07 Å². The van der Waals surface area contributed by atoms with E-state index in [0.717, 1.165) is 43.0 Å². The summed E-state index contributed by atoms with van der Waals surface area (Å²) in [6.45, 7) is 3.36. The van der Waals surface area contributed by atoms with E-state index < -0.39 is 0 Å². The van der Waals surface area contributed by atoms with Crippen molar-refractivity contribution in [2.24, 2.45) is 0 Å². The van der Waals surface area contributed by atoms with E-state index in [2.05, 4.69) is 9.97 Å². The first-order valence-corrected chi connectivity index (χ1v) is 8.45. The maximum atomic E-state index is 12.5. The number of likely N-dealkylation sites (tertiary alicyclic amines) is 1. The molecule has 0 spiro atoms. The molecule has 24 heavy (non-hydrogen) atoms. The van der Waals surface area contributed by atoms with Crippen molar-refractivity contribution < 1.29 is 9.90 Å². The fourth-order valence-corrected chi connectivity index (χ4v) is 3.28. The van der Waals surface area contributed by atoms with Gasteiger partial charge in [-0.3, -0.25) is 4.79 Å². The van der Waals surface area contributed by atoms with Crippen LogP contribution in [-0.4, -0.2) is 39.0 Å². The second kappa shape index (κ2) is 7.18. The summed E-state index contributed by atoms with van der Waals surface area (Å²) in [4.78, 5) is 23.0. The van der Waals surface area contributed by atoms with Gasteiger partial charge in [-0.25, -0.2) is 9.97 Å². The molecule has 0 saturated carbocycles. The lowest BCUT2D eigenvalue weighted by Gasteiger charge is -2.32. The summed E-state index contributed by atoms with van der Waals surface area (Å²) in [5.41, 5.74) is 1.89. The van der Waals surface area contributed by atoms with E-state index >= 15 is 0 Å². The summed E-state index contributed by atoms with van der Waals surface area (Å²) >= 11 is 5.90. The molecular formula is C18H20ClN3O2. The van der Waals surface area contributed by atoms with Gasteiger partial charge in [0, 0.05) is 30.9 Å². The maximum Gasteiger partial charge on any atom is 0.226 e. The van der Waals surface area contributed by atoms with Crippen LogP contribution in [0.2, 0.25) is 5.02 Å². The Kier molecular flexibility index (Phi) is 5.00. The SMILES string of the molecule is Cc1nccc(C2CCN(C(=O)Cc3ccc(O)c(Cl)c3)CC2)n1. The number of carbonyl (C=O) groups is 1. The highest BCUT2D eigenvalue weighted by atomic mass is 35.5. The number of halogens is 1. The Hall–Kier alpha value is -2.14. The van der Waals surface area contributed by atoms with Crippen molar-refractivity contribution >= 4 is 17.5 Å². The molecule has 1 N–H and O–H groups in total. The van der Waals surface area contributed by atoms with Crippen LogP contribution in [0, 0.1) is 6.92 Å². The first kappa shape index (κ1) is 16.7. The van der Waals surface area contributed by atoms with Crippen molar-refractivity contribution in [1.82, 2.24) is 14.9 Å². The molecule has 0 unspecified atom stereocenters. The van der Waals surface area contributed by atoms with Gasteiger partial charge in [-0.2, -0.15) is 0 Å². The zero-order chi connectivity index (χ0) is 17.1. The van der Waals surface area contributed by atoms with Crippen molar-refractivity contribution in [3.05, 3.63) is 52.6 Å². The second-order valence-electron chi connectivity index (χ2n) is 6.15. The first-order chi connectivity index (χ1) is 11.5. The number of piperidine rings is 1. The molecule has 0 radical (unpaired) electrons. The molecule has 1 aliphatic heterocycles. The number of benzene rings is 1. The third kappa shape index (κ3) is 3.85. The zero-order valence-corrected chi connectivity index (χ0v) is 14.3. The average Bonchev–Trinajstić information content (AvgIpc) is 2.58. The van der Waals surface area contributed by atoms with Gasteiger partial charge in [0.05, 0.1) is 11.4 Å². The Labute approximate surface area is 146 Å². The summed E-state index contributed by atoms with van der Waals surface area (Å²) in [5, 5.41) is 9.72. The molecule has 3 rings (SSSR count). The first-order valence-electron chi connectivity index (χ1n) is 8.07. The maximum absolute atomic E-state index is 12.5. The highest BCUT2D eigenvalue weighted by molar-refractivity contribution is 6.32. The molecule has 1 aliphatic rings. The summed E-state index contributed by atoms with van der Waals surface area (Å²) < 4.78 is 0. The highest BCUT2D eigenvalue weighted by Crippen LogP contribution is 2.27. The van der Waals surface area contributed by atoms with Gasteiger partial charge < -0.3 is 10.0 Å². The van der Waals surface area contributed by atoms with E-state index in [4.69, 9.17) is 11.6 Å². The molecule has 6 heteroatoms. The Balaban J connectivity index is 1.58. The third-order valence-electron chi connectivity index (χ3n) is 4.43. The van der Waals surface area contributed by atoms with Gasteiger partial charge in [0.25, 0.3) is 0 Å². The number of carbonyl (C=O) groups excluding carboxylic acids is 1. The van der Waals surface area contributed by atoms with Crippen molar-refractivity contribution in [3.63, 3.8) is 0 Å². The predicted molar refractivity (Wildman–Crippen MR) is 92.1 cm³/mol. The minimum atomic E-state index is 0.0359. The van der Waals surface area contributed by atoms with Crippen LogP contribution >= 0.6 is 11.6 Å². The monoisotopic (exact) mass is 345 g/mol. The van der Waals surface area contributed by atoms with Gasteiger partial charge in [-0.15, -0.1) is 0 Å². The smallest absolute Gasteiger partial charge is 0.226 e. The van der Waals surface area contributed by atoms with Gasteiger partial charge in [0.1, 0.15) is 11.6 Å². The summed E-state index contributed by atoms with van der Waals surface area (Å²) in [7, 11) is 0. The van der Waals surface area contributed by atoms with E-state index in [1.807, 2.05) is 17.9 Å². The Morgan fingerprint density at radius 2 is 2.08 bits per heavy atom. The zero-order valence-electron chi connectivity index (χ0n) is 13.6. The topological polar surface area (TPSA) is 66.3 Å². The summed E-state index contributed by atoms with van der Waals surface area (Å²) in [5.74, 6) is 1.30. The quantitative estimate of drug-likeness (QED) is 0.928. The van der Waals surface area contributed by atoms with Gasteiger partial charge in [-0.1, -0.05) is 17.7 Å². The molecule has 2 heterocycles. The van der Waals surface area contributed by atoms with E-state index in [0.29, 0.717) is 12.3 Å². The number of hydrogen-bond donors (Lipinski definition) is 1. The molecule has 2 aromatic rings. The predicted octanol–water partition coefficient (Wildman–Crippen LogP) is 3.09. The van der Waals surface area contributed by atoms with Crippen LogP contribution in [0.25, 0.3) is 0 Å². The van der Waals surface area contributed by atoms with Crippen LogP contribution in [-0.2, 0) is 11.2 Å². The van der Waals surface area contributed by atoms with Crippen LogP contribution in [0.4, 0.5) is 0 Å². The molecule has 126 valence electrons. The average molecular weight is 346 g/mol. The number of aromatic hydroxyl groups is 1. The lowest BCUT2D eigenvalue weighted by Crippen LogP contribution is -2.38. The van der Waals surface area contributed by atoms with Gasteiger partial charge in [0.15, 0.2) is 0 Å². The van der Waals surface area contributed by atoms with Gasteiger partial charge in [-0.05, 0) is 43.5 Å². The van der Waals surface area contributed by atoms with E-state index in [9.17, 15) is 9.90 Å². The number of nitrogens with zero attached hydrogens (tertiary/aromatic N) is 3. The summed E-state index contributed by atoms with van der Waals surface area (Å²) in [6.07, 6.45) is 3.93. The molecular weight excluding hydrogens is 326 g/mol. The van der Waals surface area contributed by atoms with Gasteiger partial charge >= 0.3 is 0 Å². The number of hydrogen-bond acceptors (Lipinski definition) is 4. The van der Waals surface area contributed by atoms with Crippen LogP contribution < -0.4 is 0 Å². The second-order valence-corrected chi connectivity index (χ2v) is 6.55. The van der Waals surface area contributed by atoms with Crippen LogP contribution in [0.1, 0.15) is 35.8 Å². The Bertz CT molecular complexity index is 743. The molecule has 1 amide bonds. The fraction of sp³-hybridized carbons (Fsp3) is 0.389. The lowest BCUT2D eigenvalue weighted by atomic mass is 9.93. The molecule has 5 nitrogen and oxygen atoms in total. The lowest BCUT2D eigenvalue weighted by molar-refractivity contribution is -0.131. The van der Waals surface area contributed by atoms with E-state index in [1.54, 1.807) is 18.3 Å². The Morgan fingerprint density at radius 1 is 1.33 bits per heavy atom. The Morgan fingerprint density at radius 3 is 2.75 bits per heavy atom. The molecule has 0 bridgehead atoms. The highest BCUT2D eigenvalue weighted by Gasteiger charge is 2.24.